The van der Waals surface area contributed by atoms with Crippen LogP contribution in [-0.4, -0.2) is 40.5 Å². The molecule has 4 rings (SSSR count). The standard InChI is InChI=1S/C21H20BrN5O3/c1-30-12-18(28)23-15-3-2-4-16(11-15)24-21(29)19-20(13-5-6-13)27(26-25-19)17-9-7-14(22)8-10-17/h2-4,7-11,13H,5-6,12H2,1H3,(H,23,28)(H,24,29). The Bertz CT molecular complexity index is 1080. The lowest BCUT2D eigenvalue weighted by molar-refractivity contribution is -0.119. The number of rotatable bonds is 7. The zero-order valence-electron chi connectivity index (χ0n) is 16.3. The molecule has 9 heteroatoms. The second kappa shape index (κ2) is 8.76. The van der Waals surface area contributed by atoms with Crippen LogP contribution in [0.5, 0.6) is 0 Å². The van der Waals surface area contributed by atoms with Gasteiger partial charge in [-0.05, 0) is 55.3 Å². The first-order chi connectivity index (χ1) is 14.5. The predicted octanol–water partition coefficient (Wildman–Crippen LogP) is 3.74. The molecule has 0 saturated heterocycles. The molecule has 2 aromatic carbocycles. The van der Waals surface area contributed by atoms with Crippen LogP contribution < -0.4 is 10.6 Å². The van der Waals surface area contributed by atoms with Crippen LogP contribution in [0, 0.1) is 0 Å². The predicted molar refractivity (Wildman–Crippen MR) is 116 cm³/mol. The molecule has 2 N–H and O–H groups in total. The molecular formula is C21H20BrN5O3. The highest BCUT2D eigenvalue weighted by atomic mass is 79.9. The summed E-state index contributed by atoms with van der Waals surface area (Å²) in [6.07, 6.45) is 2.01. The van der Waals surface area contributed by atoms with Gasteiger partial charge in [-0.2, -0.15) is 0 Å². The molecule has 1 aliphatic carbocycles. The minimum absolute atomic E-state index is 0.0412. The zero-order chi connectivity index (χ0) is 21.1. The molecular weight excluding hydrogens is 450 g/mol. The molecule has 0 unspecified atom stereocenters. The van der Waals surface area contributed by atoms with Crippen LogP contribution in [0.15, 0.2) is 53.0 Å². The molecule has 1 heterocycles. The lowest BCUT2D eigenvalue weighted by Gasteiger charge is -2.09. The highest BCUT2D eigenvalue weighted by Crippen LogP contribution is 2.42. The first-order valence-electron chi connectivity index (χ1n) is 9.47. The molecule has 154 valence electrons. The van der Waals surface area contributed by atoms with Gasteiger partial charge < -0.3 is 15.4 Å². The van der Waals surface area contributed by atoms with Crippen LogP contribution in [0.2, 0.25) is 0 Å². The number of nitrogens with one attached hydrogen (secondary N) is 2. The topological polar surface area (TPSA) is 98.1 Å². The number of amides is 2. The molecule has 0 spiro atoms. The maximum atomic E-state index is 13.0. The van der Waals surface area contributed by atoms with E-state index >= 15 is 0 Å². The second-order valence-electron chi connectivity index (χ2n) is 7.00. The van der Waals surface area contributed by atoms with E-state index in [9.17, 15) is 9.59 Å². The maximum Gasteiger partial charge on any atom is 0.278 e. The summed E-state index contributed by atoms with van der Waals surface area (Å²) >= 11 is 3.43. The monoisotopic (exact) mass is 469 g/mol. The van der Waals surface area contributed by atoms with Crippen LogP contribution in [0.4, 0.5) is 11.4 Å². The van der Waals surface area contributed by atoms with E-state index in [4.69, 9.17) is 4.74 Å². The van der Waals surface area contributed by atoms with Crippen molar-refractivity contribution in [3.63, 3.8) is 0 Å². The first kappa shape index (κ1) is 20.2. The van der Waals surface area contributed by atoms with Crippen molar-refractivity contribution in [1.82, 2.24) is 15.0 Å². The van der Waals surface area contributed by atoms with Crippen LogP contribution >= 0.6 is 15.9 Å². The largest absolute Gasteiger partial charge is 0.375 e. The molecule has 1 aromatic heterocycles. The number of methoxy groups -OCH3 is 1. The molecule has 1 fully saturated rings. The minimum Gasteiger partial charge on any atom is -0.375 e. The molecule has 0 aliphatic heterocycles. The van der Waals surface area contributed by atoms with E-state index in [1.807, 2.05) is 24.3 Å². The summed E-state index contributed by atoms with van der Waals surface area (Å²) in [6.45, 7) is -0.0412. The lowest BCUT2D eigenvalue weighted by atomic mass is 10.2. The van der Waals surface area contributed by atoms with Gasteiger partial charge in [-0.15, -0.1) is 5.10 Å². The fourth-order valence-corrected chi connectivity index (χ4v) is 3.40. The first-order valence-corrected chi connectivity index (χ1v) is 10.3. The number of carbonyl (C=O) groups excluding carboxylic acids is 2. The molecule has 8 nitrogen and oxygen atoms in total. The summed E-state index contributed by atoms with van der Waals surface area (Å²) < 4.78 is 7.52. The lowest BCUT2D eigenvalue weighted by Crippen LogP contribution is -2.18. The van der Waals surface area contributed by atoms with E-state index in [-0.39, 0.29) is 24.3 Å². The Morgan fingerprint density at radius 3 is 2.50 bits per heavy atom. The van der Waals surface area contributed by atoms with E-state index in [1.54, 1.807) is 28.9 Å². The Kier molecular flexibility index (Phi) is 5.91. The van der Waals surface area contributed by atoms with Crippen LogP contribution in [-0.2, 0) is 9.53 Å². The normalized spacial score (nSPS) is 13.1. The van der Waals surface area contributed by atoms with E-state index < -0.39 is 0 Å². The van der Waals surface area contributed by atoms with Gasteiger partial charge >= 0.3 is 0 Å². The van der Waals surface area contributed by atoms with Crippen molar-refractivity contribution in [3.05, 3.63) is 64.4 Å². The summed E-state index contributed by atoms with van der Waals surface area (Å²) in [6, 6.07) is 14.6. The summed E-state index contributed by atoms with van der Waals surface area (Å²) in [7, 11) is 1.45. The highest BCUT2D eigenvalue weighted by molar-refractivity contribution is 9.10. The number of halogens is 1. The van der Waals surface area contributed by atoms with Gasteiger partial charge in [-0.3, -0.25) is 9.59 Å². The van der Waals surface area contributed by atoms with Crippen molar-refractivity contribution in [2.45, 2.75) is 18.8 Å². The Labute approximate surface area is 181 Å². The van der Waals surface area contributed by atoms with Crippen molar-refractivity contribution < 1.29 is 14.3 Å². The number of anilines is 2. The third kappa shape index (κ3) is 4.58. The number of carbonyl (C=O) groups is 2. The van der Waals surface area contributed by atoms with Crippen molar-refractivity contribution in [2.75, 3.05) is 24.4 Å². The van der Waals surface area contributed by atoms with Crippen LogP contribution in [0.3, 0.4) is 0 Å². The number of hydrogen-bond acceptors (Lipinski definition) is 5. The average Bonchev–Trinajstić information content (AvgIpc) is 3.47. The van der Waals surface area contributed by atoms with E-state index in [2.05, 4.69) is 36.9 Å². The number of nitrogens with zero attached hydrogens (tertiary/aromatic N) is 3. The Hall–Kier alpha value is -3.04. The van der Waals surface area contributed by atoms with Crippen molar-refractivity contribution in [1.29, 1.82) is 0 Å². The third-order valence-corrected chi connectivity index (χ3v) is 5.16. The average molecular weight is 470 g/mol. The van der Waals surface area contributed by atoms with Gasteiger partial charge in [-0.1, -0.05) is 27.2 Å². The fourth-order valence-electron chi connectivity index (χ4n) is 3.14. The molecule has 0 bridgehead atoms. The maximum absolute atomic E-state index is 13.0. The summed E-state index contributed by atoms with van der Waals surface area (Å²) in [5.41, 5.74) is 3.11. The quantitative estimate of drug-likeness (QED) is 0.548. The zero-order valence-corrected chi connectivity index (χ0v) is 17.8. The van der Waals surface area contributed by atoms with Gasteiger partial charge in [0.25, 0.3) is 5.91 Å². The Morgan fingerprint density at radius 1 is 1.13 bits per heavy atom. The van der Waals surface area contributed by atoms with E-state index in [1.165, 1.54) is 7.11 Å². The molecule has 3 aromatic rings. The highest BCUT2D eigenvalue weighted by Gasteiger charge is 2.34. The number of benzene rings is 2. The van der Waals surface area contributed by atoms with E-state index in [0.29, 0.717) is 17.1 Å². The van der Waals surface area contributed by atoms with Gasteiger partial charge in [0.2, 0.25) is 5.91 Å². The molecule has 0 radical (unpaired) electrons. The summed E-state index contributed by atoms with van der Waals surface area (Å²) in [5, 5.41) is 14.0. The minimum atomic E-state index is -0.333. The van der Waals surface area contributed by atoms with Crippen LogP contribution in [0.25, 0.3) is 5.69 Å². The number of aromatic nitrogens is 3. The van der Waals surface area contributed by atoms with Gasteiger partial charge in [0.1, 0.15) is 6.61 Å². The molecule has 1 saturated carbocycles. The Balaban J connectivity index is 1.56. The molecule has 30 heavy (non-hydrogen) atoms. The van der Waals surface area contributed by atoms with Gasteiger partial charge in [0.05, 0.1) is 11.4 Å². The Morgan fingerprint density at radius 2 is 1.83 bits per heavy atom. The fraction of sp³-hybridized carbons (Fsp3) is 0.238. The summed E-state index contributed by atoms with van der Waals surface area (Å²) in [5.74, 6) is -0.334. The van der Waals surface area contributed by atoms with Crippen molar-refractivity contribution >= 4 is 39.1 Å². The number of ether oxygens (including phenoxy) is 1. The van der Waals surface area contributed by atoms with Gasteiger partial charge in [-0.25, -0.2) is 4.68 Å². The summed E-state index contributed by atoms with van der Waals surface area (Å²) in [4.78, 5) is 24.7. The second-order valence-corrected chi connectivity index (χ2v) is 7.92. The third-order valence-electron chi connectivity index (χ3n) is 4.63. The SMILES string of the molecule is COCC(=O)Nc1cccc(NC(=O)c2nnn(-c3ccc(Br)cc3)c2C2CC2)c1. The van der Waals surface area contributed by atoms with Crippen molar-refractivity contribution in [2.24, 2.45) is 0 Å². The van der Waals surface area contributed by atoms with E-state index in [0.717, 1.165) is 28.7 Å². The van der Waals surface area contributed by atoms with Gasteiger partial charge in [0, 0.05) is 28.9 Å². The van der Waals surface area contributed by atoms with Gasteiger partial charge in [0.15, 0.2) is 5.69 Å². The molecule has 2 amide bonds. The molecule has 1 aliphatic rings. The van der Waals surface area contributed by atoms with Crippen LogP contribution in [0.1, 0.15) is 34.9 Å². The van der Waals surface area contributed by atoms with Crippen molar-refractivity contribution in [3.8, 4) is 5.69 Å². The molecule has 0 atom stereocenters. The smallest absolute Gasteiger partial charge is 0.278 e. The number of hydrogen-bond donors (Lipinski definition) is 2.